The monoisotopic (exact) mass is 249 g/mol. The van der Waals surface area contributed by atoms with Gasteiger partial charge in [-0.1, -0.05) is 0 Å². The van der Waals surface area contributed by atoms with Gasteiger partial charge in [0, 0.05) is 0 Å². The van der Waals surface area contributed by atoms with Crippen molar-refractivity contribution in [1.82, 2.24) is 0 Å². The number of carbonyl (C=O) groups is 1. The molecule has 0 spiro atoms. The quantitative estimate of drug-likeness (QED) is 0.331. The second-order valence-corrected chi connectivity index (χ2v) is 4.19. The molecule has 1 aromatic carbocycles. The Bertz CT molecular complexity index is 397. The summed E-state index contributed by atoms with van der Waals surface area (Å²) in [5.41, 5.74) is 0. The predicted molar refractivity (Wildman–Crippen MR) is 67.9 cm³/mol. The molecule has 0 saturated heterocycles. The summed E-state index contributed by atoms with van der Waals surface area (Å²) in [6, 6.07) is 9.02. The molecule has 1 rings (SSSR count). The number of ether oxygens (including phenoxy) is 1. The Kier molecular flexibility index (Phi) is 6.25. The number of rotatable bonds is 6. The van der Waals surface area contributed by atoms with E-state index in [9.17, 15) is 9.50 Å². The summed E-state index contributed by atoms with van der Waals surface area (Å²) in [5, 5.41) is 0. The van der Waals surface area contributed by atoms with Gasteiger partial charge in [-0.2, -0.15) is 0 Å². The third-order valence-corrected chi connectivity index (χ3v) is 3.04. The van der Waals surface area contributed by atoms with Crippen molar-refractivity contribution in [3.63, 3.8) is 0 Å². The molecule has 0 aliphatic rings. The fourth-order valence-corrected chi connectivity index (χ4v) is 2.06. The van der Waals surface area contributed by atoms with Gasteiger partial charge in [0.25, 0.3) is 0 Å². The number of methoxy groups -OCH3 is 1. The van der Waals surface area contributed by atoms with E-state index in [1.165, 1.54) is 18.9 Å². The van der Waals surface area contributed by atoms with Gasteiger partial charge in [0.05, 0.1) is 0 Å². The predicted octanol–water partition coefficient (Wildman–Crippen LogP) is 1.40. The number of hydrogen-bond acceptors (Lipinski definition) is 5. The summed E-state index contributed by atoms with van der Waals surface area (Å²) in [4.78, 5) is 16.3. The van der Waals surface area contributed by atoms with Gasteiger partial charge in [-0.15, -0.1) is 0 Å². The molecule has 4 nitrogen and oxygen atoms in total. The van der Waals surface area contributed by atoms with E-state index >= 15 is 0 Å². The maximum absolute atomic E-state index is 11.4. The average Bonchev–Trinajstić information content (AvgIpc) is 2.39. The number of carbonyl (C=O) groups excluding carboxylic acids is 1. The van der Waals surface area contributed by atoms with Crippen LogP contribution < -0.4 is 0 Å². The number of aliphatic imine (C=N–C) groups is 1. The van der Waals surface area contributed by atoms with Crippen LogP contribution in [0.5, 0.6) is 0 Å². The molecule has 88 valence electrons. The van der Waals surface area contributed by atoms with Gasteiger partial charge in [-0.25, -0.2) is 0 Å². The molecule has 0 amide bonds. The molecule has 1 atom stereocenters. The van der Waals surface area contributed by atoms with Crippen LogP contribution in [0, 0.1) is 0 Å². The van der Waals surface area contributed by atoms with Crippen LogP contribution in [0.15, 0.2) is 40.2 Å². The molecule has 1 unspecified atom stereocenters. The number of hydrogen-bond donors (Lipinski definition) is 0. The first-order valence-electron chi connectivity index (χ1n) is 5.00. The van der Waals surface area contributed by atoms with Crippen LogP contribution in [0.2, 0.25) is 0 Å². The van der Waals surface area contributed by atoms with Gasteiger partial charge < -0.3 is 0 Å². The topological polar surface area (TPSA) is 55.7 Å². The molecule has 17 heavy (non-hydrogen) atoms. The molecule has 0 radical (unpaired) electrons. The summed E-state index contributed by atoms with van der Waals surface area (Å²) >= 11 is 1.49. The zero-order valence-corrected chi connectivity index (χ0v) is 10.2. The molecule has 0 aliphatic heterocycles. The van der Waals surface area contributed by atoms with Gasteiger partial charge in [0.2, 0.25) is 0 Å². The number of thioether (sulfide) groups is 1. The molecule has 1 aromatic rings. The van der Waals surface area contributed by atoms with E-state index in [0.29, 0.717) is 12.9 Å². The van der Waals surface area contributed by atoms with E-state index in [0.717, 1.165) is 11.0 Å². The van der Waals surface area contributed by atoms with Crippen molar-refractivity contribution in [1.29, 1.82) is 0 Å². The Morgan fingerprint density at radius 2 is 2.24 bits per heavy atom. The molecule has 6 heteroatoms. The Morgan fingerprint density at radius 1 is 1.53 bits per heavy atom. The van der Waals surface area contributed by atoms with Crippen LogP contribution in [0.4, 0.5) is 0 Å². The minimum atomic E-state index is -0.643. The van der Waals surface area contributed by atoms with Gasteiger partial charge in [0.1, 0.15) is 0 Å². The molecule has 0 fully saturated rings. The third kappa shape index (κ3) is 4.95. The first-order chi connectivity index (χ1) is 8.27. The number of nitrogens with zero attached hydrogens (tertiary/aromatic N) is 1. The third-order valence-electron chi connectivity index (χ3n) is 1.95. The zero-order valence-electron chi connectivity index (χ0n) is 9.41. The van der Waals surface area contributed by atoms with Crippen molar-refractivity contribution in [2.45, 2.75) is 10.9 Å². The fourth-order valence-electron chi connectivity index (χ4n) is 1.14. The van der Waals surface area contributed by atoms with E-state index in [2.05, 4.69) is 9.73 Å². The molecule has 0 aliphatic carbocycles. The van der Waals surface area contributed by atoms with Crippen molar-refractivity contribution < 1.29 is 14.2 Å². The minimum absolute atomic E-state index is 0.438. The molecule has 0 N–H and O–H groups in total. The van der Waals surface area contributed by atoms with Crippen molar-refractivity contribution in [2.24, 2.45) is 4.99 Å². The first kappa shape index (κ1) is 13.6. The average molecular weight is 249 g/mol. The van der Waals surface area contributed by atoms with Crippen molar-refractivity contribution in [2.75, 3.05) is 12.9 Å². The Balaban J connectivity index is 2.58. The second-order valence-electron chi connectivity index (χ2n) is 3.10. The molecule has 0 saturated carbocycles. The van der Waals surface area contributed by atoms with Crippen molar-refractivity contribution in [3.05, 3.63) is 30.3 Å². The van der Waals surface area contributed by atoms with Crippen LogP contribution in [-0.4, -0.2) is 38.1 Å². The SMILES string of the molecule is COC(=O)C(CSc1ccccc1)/N=C/B=O. The van der Waals surface area contributed by atoms with E-state index in [1.807, 2.05) is 30.3 Å². The van der Waals surface area contributed by atoms with Crippen LogP contribution in [-0.2, 0) is 14.2 Å². The maximum atomic E-state index is 11.4. The van der Waals surface area contributed by atoms with Gasteiger partial charge in [-0.05, 0) is 0 Å². The molecular weight excluding hydrogens is 237 g/mol. The number of benzene rings is 1. The molecule has 0 heterocycles. The summed E-state index contributed by atoms with van der Waals surface area (Å²) in [5.74, 6) is 0.00707. The van der Waals surface area contributed by atoms with Crippen LogP contribution in [0.25, 0.3) is 0 Å². The molecular formula is C11H12BNO3S. The Hall–Kier alpha value is -1.43. The van der Waals surface area contributed by atoms with Crippen molar-refractivity contribution >= 4 is 31.0 Å². The molecule has 0 bridgehead atoms. The van der Waals surface area contributed by atoms with Crippen LogP contribution in [0.1, 0.15) is 0 Å². The van der Waals surface area contributed by atoms with E-state index in [-0.39, 0.29) is 0 Å². The van der Waals surface area contributed by atoms with E-state index < -0.39 is 12.0 Å². The van der Waals surface area contributed by atoms with Crippen molar-refractivity contribution in [3.8, 4) is 0 Å². The first-order valence-corrected chi connectivity index (χ1v) is 5.99. The standard InChI is InChI=1S/C11H12BNO3S/c1-16-11(14)10(13-8-12-15)7-17-9-5-3-2-4-6-9/h2-6,8,10H,7H2,1H3/b13-8+. The summed E-state index contributed by atoms with van der Waals surface area (Å²) in [7, 11) is 1.85. The Labute approximate surface area is 105 Å². The summed E-state index contributed by atoms with van der Waals surface area (Å²) in [6.07, 6.45) is 1.08. The Morgan fingerprint density at radius 3 is 2.82 bits per heavy atom. The van der Waals surface area contributed by atoms with E-state index in [1.54, 1.807) is 0 Å². The van der Waals surface area contributed by atoms with Gasteiger partial charge >= 0.3 is 104 Å². The van der Waals surface area contributed by atoms with Crippen LogP contribution >= 0.6 is 11.8 Å². The normalized spacial score (nSPS) is 12.1. The second kappa shape index (κ2) is 7.78. The molecule has 0 aromatic heterocycles. The van der Waals surface area contributed by atoms with Gasteiger partial charge in [-0.3, -0.25) is 0 Å². The van der Waals surface area contributed by atoms with Gasteiger partial charge in [0.15, 0.2) is 0 Å². The number of esters is 1. The summed E-state index contributed by atoms with van der Waals surface area (Å²) < 4.78 is 14.8. The summed E-state index contributed by atoms with van der Waals surface area (Å²) in [6.45, 7) is 0. The zero-order chi connectivity index (χ0) is 12.5. The fraction of sp³-hybridized carbons (Fsp3) is 0.273. The van der Waals surface area contributed by atoms with Crippen LogP contribution in [0.3, 0.4) is 0 Å². The van der Waals surface area contributed by atoms with E-state index in [4.69, 9.17) is 0 Å².